The molecule has 0 aromatic heterocycles. The molecule has 0 unspecified atom stereocenters. The summed E-state index contributed by atoms with van der Waals surface area (Å²) < 4.78 is 6.70. The largest absolute Gasteiger partial charge is 0.455 e. The molecule has 0 amide bonds. The Morgan fingerprint density at radius 1 is 1.10 bits per heavy atom. The smallest absolute Gasteiger partial charge is 0.147 e. The summed E-state index contributed by atoms with van der Waals surface area (Å²) in [7, 11) is 0. The predicted octanol–water partition coefficient (Wildman–Crippen LogP) is 5.97. The molecule has 0 radical (unpaired) electrons. The van der Waals surface area contributed by atoms with Gasteiger partial charge in [-0.05, 0) is 41.5 Å². The lowest BCUT2D eigenvalue weighted by molar-refractivity contribution is 0.473. The van der Waals surface area contributed by atoms with E-state index in [1.54, 1.807) is 12.1 Å². The monoisotopic (exact) mass is 387 g/mol. The number of hydrogen-bond acceptors (Lipinski definition) is 2. The van der Waals surface area contributed by atoms with Crippen LogP contribution >= 0.6 is 39.1 Å². The molecule has 1 N–H and O–H groups in total. The summed E-state index contributed by atoms with van der Waals surface area (Å²) in [5.41, 5.74) is 2.28. The van der Waals surface area contributed by atoms with Crippen LogP contribution in [0.25, 0.3) is 0 Å². The van der Waals surface area contributed by atoms with Crippen molar-refractivity contribution in [3.63, 3.8) is 0 Å². The van der Waals surface area contributed by atoms with Gasteiger partial charge in [0, 0.05) is 22.6 Å². The molecule has 2 aromatic rings. The normalized spacial score (nSPS) is 10.7. The minimum atomic E-state index is 0.515. The summed E-state index contributed by atoms with van der Waals surface area (Å²) in [6, 6.07) is 9.52. The van der Waals surface area contributed by atoms with Crippen molar-refractivity contribution >= 4 is 39.1 Å². The molecule has 2 nitrogen and oxygen atoms in total. The van der Waals surface area contributed by atoms with E-state index in [2.05, 4.69) is 41.2 Å². The van der Waals surface area contributed by atoms with E-state index in [0.29, 0.717) is 15.8 Å². The van der Waals surface area contributed by atoms with Gasteiger partial charge >= 0.3 is 0 Å². The Balaban J connectivity index is 2.32. The van der Waals surface area contributed by atoms with Crippen LogP contribution in [0.4, 0.5) is 0 Å². The van der Waals surface area contributed by atoms with Gasteiger partial charge in [-0.15, -0.1) is 0 Å². The standard InChI is InChI=1S/C16H16BrCl2NO/c1-3-20-9-11-6-10(2)4-5-15(11)21-16-8-13(18)12(17)7-14(16)19/h4-8,20H,3,9H2,1-2H3. The molecule has 112 valence electrons. The maximum Gasteiger partial charge on any atom is 0.147 e. The van der Waals surface area contributed by atoms with Gasteiger partial charge in [0.2, 0.25) is 0 Å². The summed E-state index contributed by atoms with van der Waals surface area (Å²) in [5, 5.41) is 4.39. The molecule has 0 spiro atoms. The van der Waals surface area contributed by atoms with E-state index < -0.39 is 0 Å². The van der Waals surface area contributed by atoms with Gasteiger partial charge < -0.3 is 10.1 Å². The second-order valence-corrected chi connectivity index (χ2v) is 6.36. The minimum absolute atomic E-state index is 0.515. The number of rotatable bonds is 5. The van der Waals surface area contributed by atoms with E-state index in [1.807, 2.05) is 12.1 Å². The van der Waals surface area contributed by atoms with Crippen molar-refractivity contribution in [1.82, 2.24) is 5.32 Å². The van der Waals surface area contributed by atoms with E-state index in [-0.39, 0.29) is 0 Å². The lowest BCUT2D eigenvalue weighted by Gasteiger charge is -2.14. The maximum atomic E-state index is 6.21. The van der Waals surface area contributed by atoms with Crippen molar-refractivity contribution in [1.29, 1.82) is 0 Å². The molecule has 2 rings (SSSR count). The van der Waals surface area contributed by atoms with Crippen LogP contribution in [-0.2, 0) is 6.54 Å². The molecular weight excluding hydrogens is 373 g/mol. The number of benzene rings is 2. The van der Waals surface area contributed by atoms with Gasteiger partial charge in [-0.25, -0.2) is 0 Å². The zero-order valence-corrected chi connectivity index (χ0v) is 14.9. The van der Waals surface area contributed by atoms with Crippen molar-refractivity contribution in [3.05, 3.63) is 56.0 Å². The van der Waals surface area contributed by atoms with Crippen molar-refractivity contribution in [2.75, 3.05) is 6.54 Å². The number of hydrogen-bond donors (Lipinski definition) is 1. The van der Waals surface area contributed by atoms with Crippen LogP contribution < -0.4 is 10.1 Å². The van der Waals surface area contributed by atoms with E-state index >= 15 is 0 Å². The first-order valence-corrected chi connectivity index (χ1v) is 8.18. The van der Waals surface area contributed by atoms with Crippen LogP contribution in [0.2, 0.25) is 10.0 Å². The number of aryl methyl sites for hydroxylation is 1. The van der Waals surface area contributed by atoms with Gasteiger partial charge in [-0.2, -0.15) is 0 Å². The quantitative estimate of drug-likeness (QED) is 0.637. The summed E-state index contributed by atoms with van der Waals surface area (Å²) in [6.07, 6.45) is 0. The van der Waals surface area contributed by atoms with E-state index in [4.69, 9.17) is 27.9 Å². The second-order valence-electron chi connectivity index (χ2n) is 4.69. The molecule has 0 aliphatic carbocycles. The fraction of sp³-hybridized carbons (Fsp3) is 0.250. The fourth-order valence-electron chi connectivity index (χ4n) is 1.91. The zero-order chi connectivity index (χ0) is 15.4. The van der Waals surface area contributed by atoms with Crippen LogP contribution in [-0.4, -0.2) is 6.54 Å². The highest BCUT2D eigenvalue weighted by Gasteiger charge is 2.10. The second kappa shape index (κ2) is 7.50. The lowest BCUT2D eigenvalue weighted by Crippen LogP contribution is -2.12. The van der Waals surface area contributed by atoms with Gasteiger partial charge in [0.25, 0.3) is 0 Å². The molecule has 0 saturated heterocycles. The summed E-state index contributed by atoms with van der Waals surface area (Å²) in [5.74, 6) is 1.33. The van der Waals surface area contributed by atoms with Crippen molar-refractivity contribution < 1.29 is 4.74 Å². The Bertz CT molecular complexity index is 646. The van der Waals surface area contributed by atoms with Gasteiger partial charge in [-0.1, -0.05) is 47.8 Å². The third-order valence-corrected chi connectivity index (χ3v) is 4.47. The van der Waals surface area contributed by atoms with Crippen LogP contribution in [0, 0.1) is 6.92 Å². The number of nitrogens with one attached hydrogen (secondary N) is 1. The highest BCUT2D eigenvalue weighted by molar-refractivity contribution is 9.10. The van der Waals surface area contributed by atoms with Gasteiger partial charge in [0.05, 0.1) is 10.0 Å². The molecular formula is C16H16BrCl2NO. The molecule has 5 heteroatoms. The summed E-state index contributed by atoms with van der Waals surface area (Å²) >= 11 is 15.7. The van der Waals surface area contributed by atoms with Gasteiger partial charge in [-0.3, -0.25) is 0 Å². The maximum absolute atomic E-state index is 6.21. The SMILES string of the molecule is CCNCc1cc(C)ccc1Oc1cc(Cl)c(Br)cc1Cl. The average Bonchev–Trinajstić information content (AvgIpc) is 2.44. The molecule has 0 heterocycles. The molecule has 0 saturated carbocycles. The molecule has 0 atom stereocenters. The lowest BCUT2D eigenvalue weighted by atomic mass is 10.1. The number of halogens is 3. The summed E-state index contributed by atoms with van der Waals surface area (Å²) in [6.45, 7) is 5.78. The Morgan fingerprint density at radius 3 is 2.57 bits per heavy atom. The highest BCUT2D eigenvalue weighted by atomic mass is 79.9. The molecule has 21 heavy (non-hydrogen) atoms. The Hall–Kier alpha value is -0.740. The van der Waals surface area contributed by atoms with Crippen LogP contribution in [0.1, 0.15) is 18.1 Å². The van der Waals surface area contributed by atoms with Crippen molar-refractivity contribution in [3.8, 4) is 11.5 Å². The Kier molecular flexibility index (Phi) is 5.94. The van der Waals surface area contributed by atoms with Gasteiger partial charge in [0.1, 0.15) is 11.5 Å². The van der Waals surface area contributed by atoms with Crippen LogP contribution in [0.5, 0.6) is 11.5 Å². The first-order valence-electron chi connectivity index (χ1n) is 6.64. The van der Waals surface area contributed by atoms with Crippen molar-refractivity contribution in [2.24, 2.45) is 0 Å². The van der Waals surface area contributed by atoms with E-state index in [1.165, 1.54) is 5.56 Å². The molecule has 0 aliphatic heterocycles. The minimum Gasteiger partial charge on any atom is -0.455 e. The molecule has 0 aliphatic rings. The van der Waals surface area contributed by atoms with Crippen molar-refractivity contribution in [2.45, 2.75) is 20.4 Å². The first kappa shape index (κ1) is 16.6. The highest BCUT2D eigenvalue weighted by Crippen LogP contribution is 2.37. The topological polar surface area (TPSA) is 21.3 Å². The molecule has 0 fully saturated rings. The average molecular weight is 389 g/mol. The van der Waals surface area contributed by atoms with Crippen LogP contribution in [0.15, 0.2) is 34.8 Å². The zero-order valence-electron chi connectivity index (χ0n) is 11.8. The fourth-order valence-corrected chi connectivity index (χ4v) is 2.74. The first-order chi connectivity index (χ1) is 10.0. The predicted molar refractivity (Wildman–Crippen MR) is 92.8 cm³/mol. The van der Waals surface area contributed by atoms with Gasteiger partial charge in [0.15, 0.2) is 0 Å². The third-order valence-electron chi connectivity index (χ3n) is 2.98. The summed E-state index contributed by atoms with van der Waals surface area (Å²) in [4.78, 5) is 0. The molecule has 2 aromatic carbocycles. The van der Waals surface area contributed by atoms with Crippen LogP contribution in [0.3, 0.4) is 0 Å². The number of ether oxygens (including phenoxy) is 1. The van der Waals surface area contributed by atoms with E-state index in [0.717, 1.165) is 28.9 Å². The third kappa shape index (κ3) is 4.36. The van der Waals surface area contributed by atoms with E-state index in [9.17, 15) is 0 Å². The Labute approximate surface area is 143 Å². The Morgan fingerprint density at radius 2 is 1.86 bits per heavy atom. The molecule has 0 bridgehead atoms.